The van der Waals surface area contributed by atoms with Gasteiger partial charge in [0.15, 0.2) is 0 Å². The minimum Gasteiger partial charge on any atom is -0.480 e. The number of carbonyl (C=O) groups is 2. The summed E-state index contributed by atoms with van der Waals surface area (Å²) in [5, 5.41) is 14.0. The van der Waals surface area contributed by atoms with Crippen molar-refractivity contribution in [1.29, 1.82) is 0 Å². The third-order valence-corrected chi connectivity index (χ3v) is 2.83. The van der Waals surface area contributed by atoms with Gasteiger partial charge in [-0.2, -0.15) is 0 Å². The zero-order chi connectivity index (χ0) is 12.8. The summed E-state index contributed by atoms with van der Waals surface area (Å²) in [5.41, 5.74) is 0. The van der Waals surface area contributed by atoms with Gasteiger partial charge in [0, 0.05) is 12.6 Å². The van der Waals surface area contributed by atoms with E-state index < -0.39 is 18.0 Å². The Bertz CT molecular complexity index is 283. The first kappa shape index (κ1) is 13.8. The van der Waals surface area contributed by atoms with Gasteiger partial charge in [0.1, 0.15) is 6.04 Å². The van der Waals surface area contributed by atoms with Gasteiger partial charge in [0.2, 0.25) is 0 Å². The summed E-state index contributed by atoms with van der Waals surface area (Å²) < 4.78 is 5.36. The average molecular weight is 244 g/mol. The minimum atomic E-state index is -1.01. The number of urea groups is 1. The lowest BCUT2D eigenvalue weighted by molar-refractivity contribution is -0.139. The van der Waals surface area contributed by atoms with Crippen LogP contribution in [0, 0.1) is 0 Å². The maximum Gasteiger partial charge on any atom is 0.326 e. The van der Waals surface area contributed by atoms with Crippen molar-refractivity contribution in [1.82, 2.24) is 10.6 Å². The summed E-state index contributed by atoms with van der Waals surface area (Å²) >= 11 is 0. The summed E-state index contributed by atoms with van der Waals surface area (Å²) in [7, 11) is 0. The molecule has 0 bridgehead atoms. The summed E-state index contributed by atoms with van der Waals surface area (Å²) in [4.78, 5) is 22.3. The number of ether oxygens (including phenoxy) is 1. The molecule has 0 aromatic heterocycles. The Kier molecular flexibility index (Phi) is 5.21. The quantitative estimate of drug-likeness (QED) is 0.680. The fourth-order valence-corrected chi connectivity index (χ4v) is 1.85. The van der Waals surface area contributed by atoms with Gasteiger partial charge in [-0.05, 0) is 26.2 Å². The number of carboxylic acids is 1. The number of amides is 2. The van der Waals surface area contributed by atoms with Crippen molar-refractivity contribution in [3.63, 3.8) is 0 Å². The molecule has 6 nitrogen and oxygen atoms in total. The first-order valence-electron chi connectivity index (χ1n) is 5.94. The lowest BCUT2D eigenvalue weighted by Gasteiger charge is -2.28. The van der Waals surface area contributed by atoms with Crippen molar-refractivity contribution < 1.29 is 19.4 Å². The molecular weight excluding hydrogens is 224 g/mol. The van der Waals surface area contributed by atoms with Crippen molar-refractivity contribution in [2.45, 2.75) is 51.3 Å². The molecule has 98 valence electrons. The third-order valence-electron chi connectivity index (χ3n) is 2.83. The zero-order valence-corrected chi connectivity index (χ0v) is 10.2. The largest absolute Gasteiger partial charge is 0.480 e. The van der Waals surface area contributed by atoms with Gasteiger partial charge in [-0.25, -0.2) is 9.59 Å². The van der Waals surface area contributed by atoms with E-state index in [1.807, 2.05) is 6.92 Å². The number of rotatable bonds is 4. The van der Waals surface area contributed by atoms with E-state index in [0.29, 0.717) is 13.0 Å². The molecule has 0 aliphatic carbocycles. The predicted molar refractivity (Wildman–Crippen MR) is 61.8 cm³/mol. The van der Waals surface area contributed by atoms with Crippen LogP contribution in [0.4, 0.5) is 4.79 Å². The Morgan fingerprint density at radius 2 is 2.24 bits per heavy atom. The molecule has 1 rings (SSSR count). The lowest BCUT2D eigenvalue weighted by Crippen LogP contribution is -2.50. The topological polar surface area (TPSA) is 87.7 Å². The highest BCUT2D eigenvalue weighted by Crippen LogP contribution is 2.12. The molecule has 0 aromatic carbocycles. The molecule has 6 heteroatoms. The lowest BCUT2D eigenvalue weighted by atomic mass is 10.0. The number of aliphatic carboxylic acids is 1. The first-order valence-corrected chi connectivity index (χ1v) is 5.94. The Labute approximate surface area is 101 Å². The SMILES string of the molecule is CC[C@H](NC(=O)NC1CCOC(C)C1)C(=O)O. The maximum absolute atomic E-state index is 11.6. The average Bonchev–Trinajstić information content (AvgIpc) is 2.25. The fourth-order valence-electron chi connectivity index (χ4n) is 1.85. The maximum atomic E-state index is 11.6. The Balaban J connectivity index is 2.35. The molecule has 1 aliphatic rings. The van der Waals surface area contributed by atoms with Crippen molar-refractivity contribution in [3.8, 4) is 0 Å². The smallest absolute Gasteiger partial charge is 0.326 e. The van der Waals surface area contributed by atoms with E-state index >= 15 is 0 Å². The van der Waals surface area contributed by atoms with Gasteiger partial charge < -0.3 is 20.5 Å². The van der Waals surface area contributed by atoms with Crippen LogP contribution >= 0.6 is 0 Å². The van der Waals surface area contributed by atoms with E-state index in [9.17, 15) is 9.59 Å². The number of hydrogen-bond donors (Lipinski definition) is 3. The van der Waals surface area contributed by atoms with Gasteiger partial charge >= 0.3 is 12.0 Å². The molecule has 0 spiro atoms. The molecule has 2 amide bonds. The van der Waals surface area contributed by atoms with Crippen molar-refractivity contribution in [3.05, 3.63) is 0 Å². The van der Waals surface area contributed by atoms with Crippen LogP contribution < -0.4 is 10.6 Å². The van der Waals surface area contributed by atoms with Gasteiger partial charge in [-0.1, -0.05) is 6.92 Å². The predicted octanol–water partition coefficient (Wildman–Crippen LogP) is 0.716. The van der Waals surface area contributed by atoms with Crippen LogP contribution in [0.15, 0.2) is 0 Å². The van der Waals surface area contributed by atoms with Crippen LogP contribution in [0.2, 0.25) is 0 Å². The van der Waals surface area contributed by atoms with E-state index in [-0.39, 0.29) is 12.1 Å². The number of hydrogen-bond acceptors (Lipinski definition) is 3. The first-order chi connectivity index (χ1) is 8.02. The molecule has 0 saturated carbocycles. The van der Waals surface area contributed by atoms with Gasteiger partial charge in [-0.15, -0.1) is 0 Å². The highest BCUT2D eigenvalue weighted by molar-refractivity contribution is 5.82. The zero-order valence-electron chi connectivity index (χ0n) is 10.2. The third kappa shape index (κ3) is 4.60. The highest BCUT2D eigenvalue weighted by atomic mass is 16.5. The van der Waals surface area contributed by atoms with Crippen LogP contribution in [-0.2, 0) is 9.53 Å². The van der Waals surface area contributed by atoms with Gasteiger partial charge in [0.25, 0.3) is 0 Å². The van der Waals surface area contributed by atoms with Crippen LogP contribution in [0.5, 0.6) is 0 Å². The Morgan fingerprint density at radius 1 is 1.53 bits per heavy atom. The number of nitrogens with one attached hydrogen (secondary N) is 2. The van der Waals surface area contributed by atoms with E-state index in [0.717, 1.165) is 12.8 Å². The van der Waals surface area contributed by atoms with E-state index in [1.54, 1.807) is 6.92 Å². The molecule has 3 atom stereocenters. The standard InChI is InChI=1S/C11H20N2O4/c1-3-9(10(14)15)13-11(16)12-8-4-5-17-7(2)6-8/h7-9H,3-6H2,1-2H3,(H,14,15)(H2,12,13,16)/t7?,8?,9-/m0/s1. The van der Waals surface area contributed by atoms with E-state index in [2.05, 4.69) is 10.6 Å². The van der Waals surface area contributed by atoms with Gasteiger partial charge in [-0.3, -0.25) is 0 Å². The molecule has 1 saturated heterocycles. The molecule has 3 N–H and O–H groups in total. The fraction of sp³-hybridized carbons (Fsp3) is 0.818. The number of carbonyl (C=O) groups excluding carboxylic acids is 1. The summed E-state index contributed by atoms with van der Waals surface area (Å²) in [6.45, 7) is 4.30. The Hall–Kier alpha value is -1.30. The van der Waals surface area contributed by atoms with Crippen LogP contribution in [0.25, 0.3) is 0 Å². The van der Waals surface area contributed by atoms with E-state index in [4.69, 9.17) is 9.84 Å². The molecule has 1 aliphatic heterocycles. The second kappa shape index (κ2) is 6.44. The van der Waals surface area contributed by atoms with Crippen LogP contribution in [0.3, 0.4) is 0 Å². The molecule has 0 aromatic rings. The van der Waals surface area contributed by atoms with Crippen molar-refractivity contribution >= 4 is 12.0 Å². The molecule has 0 radical (unpaired) electrons. The van der Waals surface area contributed by atoms with Gasteiger partial charge in [0.05, 0.1) is 6.10 Å². The van der Waals surface area contributed by atoms with Crippen LogP contribution in [0.1, 0.15) is 33.1 Å². The molecule has 17 heavy (non-hydrogen) atoms. The second-order valence-electron chi connectivity index (χ2n) is 4.32. The summed E-state index contributed by atoms with van der Waals surface area (Å²) in [6.07, 6.45) is 2.03. The number of carboxylic acid groups (broad SMARTS) is 1. The minimum absolute atomic E-state index is 0.0602. The molecule has 1 heterocycles. The normalized spacial score (nSPS) is 26.0. The van der Waals surface area contributed by atoms with Crippen LogP contribution in [-0.4, -0.2) is 41.9 Å². The highest BCUT2D eigenvalue weighted by Gasteiger charge is 2.23. The monoisotopic (exact) mass is 244 g/mol. The molecule has 2 unspecified atom stereocenters. The summed E-state index contributed by atoms with van der Waals surface area (Å²) in [5.74, 6) is -1.01. The molecular formula is C11H20N2O4. The summed E-state index contributed by atoms with van der Waals surface area (Å²) in [6, 6.07) is -1.18. The van der Waals surface area contributed by atoms with Crippen molar-refractivity contribution in [2.75, 3.05) is 6.61 Å². The molecule has 1 fully saturated rings. The van der Waals surface area contributed by atoms with Crippen molar-refractivity contribution in [2.24, 2.45) is 0 Å². The Morgan fingerprint density at radius 3 is 2.76 bits per heavy atom. The van der Waals surface area contributed by atoms with E-state index in [1.165, 1.54) is 0 Å². The second-order valence-corrected chi connectivity index (χ2v) is 4.32.